The molecule has 1 amide bonds. The molecule has 1 aliphatic carbocycles. The van der Waals surface area contributed by atoms with Gasteiger partial charge in [0.1, 0.15) is 10.6 Å². The van der Waals surface area contributed by atoms with E-state index in [0.717, 1.165) is 5.56 Å². The summed E-state index contributed by atoms with van der Waals surface area (Å²) >= 11 is 7.10. The summed E-state index contributed by atoms with van der Waals surface area (Å²) in [6.07, 6.45) is 4.05. The lowest BCUT2D eigenvalue weighted by Gasteiger charge is -2.28. The second kappa shape index (κ2) is 8.58. The number of ether oxygens (including phenoxy) is 1. The fourth-order valence-corrected chi connectivity index (χ4v) is 4.25. The average molecular weight is 419 g/mol. The number of aliphatic carboxylic acids is 1. The van der Waals surface area contributed by atoms with Crippen LogP contribution in [0.15, 0.2) is 41.8 Å². The van der Waals surface area contributed by atoms with Crippen molar-refractivity contribution in [2.45, 2.75) is 12.8 Å². The minimum absolute atomic E-state index is 0.222. The Bertz CT molecular complexity index is 935. The number of allylic oxidation sites excluding steroid dienone is 2. The molecule has 2 unspecified atom stereocenters. The minimum atomic E-state index is -1.26. The number of esters is 1. The first-order chi connectivity index (χ1) is 13.4. The molecule has 2 aromatic rings. The van der Waals surface area contributed by atoms with E-state index >= 15 is 0 Å². The fraction of sp³-hybridized carbons (Fsp3) is 0.250. The summed E-state index contributed by atoms with van der Waals surface area (Å²) in [6, 6.07) is 6.93. The SMILES string of the molecule is COC(=O)c1c(-c2ccc(Cl)cc2)csc1NC(=O)C1CC=CCC1C(=O)[O-]. The lowest BCUT2D eigenvalue weighted by molar-refractivity contribution is -0.313. The van der Waals surface area contributed by atoms with Gasteiger partial charge in [-0.25, -0.2) is 4.79 Å². The number of carboxylic acid groups (broad SMARTS) is 1. The number of methoxy groups -OCH3 is 1. The lowest BCUT2D eigenvalue weighted by Crippen LogP contribution is -2.41. The third-order valence-corrected chi connectivity index (χ3v) is 5.79. The predicted octanol–water partition coefficient (Wildman–Crippen LogP) is 3.13. The maximum absolute atomic E-state index is 12.7. The molecule has 6 nitrogen and oxygen atoms in total. The Balaban J connectivity index is 1.92. The number of halogens is 1. The number of carbonyl (C=O) groups excluding carboxylic acids is 3. The zero-order valence-corrected chi connectivity index (χ0v) is 16.5. The number of benzene rings is 1. The fourth-order valence-electron chi connectivity index (χ4n) is 3.17. The van der Waals surface area contributed by atoms with Crippen LogP contribution in [-0.4, -0.2) is 25.0 Å². The molecule has 0 bridgehead atoms. The van der Waals surface area contributed by atoms with Crippen molar-refractivity contribution in [3.05, 3.63) is 52.4 Å². The first-order valence-corrected chi connectivity index (χ1v) is 9.80. The van der Waals surface area contributed by atoms with Crippen LogP contribution in [-0.2, 0) is 14.3 Å². The van der Waals surface area contributed by atoms with E-state index < -0.39 is 29.7 Å². The summed E-state index contributed by atoms with van der Waals surface area (Å²) in [5.74, 6) is -3.98. The van der Waals surface area contributed by atoms with Gasteiger partial charge < -0.3 is 20.0 Å². The average Bonchev–Trinajstić information content (AvgIpc) is 3.11. The zero-order chi connectivity index (χ0) is 20.3. The van der Waals surface area contributed by atoms with Crippen molar-refractivity contribution in [2.75, 3.05) is 12.4 Å². The van der Waals surface area contributed by atoms with Gasteiger partial charge in [0.15, 0.2) is 0 Å². The number of carboxylic acids is 1. The topological polar surface area (TPSA) is 95.5 Å². The molecule has 1 N–H and O–H groups in total. The highest BCUT2D eigenvalue weighted by atomic mass is 35.5. The molecule has 3 rings (SSSR count). The molecule has 8 heteroatoms. The van der Waals surface area contributed by atoms with Crippen molar-refractivity contribution in [3.63, 3.8) is 0 Å². The molecule has 0 spiro atoms. The number of amides is 1. The lowest BCUT2D eigenvalue weighted by atomic mass is 9.82. The van der Waals surface area contributed by atoms with Gasteiger partial charge in [0.25, 0.3) is 0 Å². The largest absolute Gasteiger partial charge is 0.550 e. The van der Waals surface area contributed by atoms with Crippen molar-refractivity contribution in [2.24, 2.45) is 11.8 Å². The van der Waals surface area contributed by atoms with Crippen LogP contribution in [0.5, 0.6) is 0 Å². The molecular formula is C20H17ClNO5S-. The van der Waals surface area contributed by atoms with Crippen LogP contribution in [0.2, 0.25) is 5.02 Å². The summed E-state index contributed by atoms with van der Waals surface area (Å²) in [7, 11) is 1.26. The van der Waals surface area contributed by atoms with Crippen LogP contribution in [0.1, 0.15) is 23.2 Å². The summed E-state index contributed by atoms with van der Waals surface area (Å²) in [5, 5.41) is 16.7. The highest BCUT2D eigenvalue weighted by Crippen LogP contribution is 2.37. The van der Waals surface area contributed by atoms with Crippen LogP contribution in [0, 0.1) is 11.8 Å². The van der Waals surface area contributed by atoms with Gasteiger partial charge in [-0.1, -0.05) is 35.9 Å². The Labute approximate surface area is 170 Å². The first kappa shape index (κ1) is 20.1. The Hall–Kier alpha value is -2.64. The van der Waals surface area contributed by atoms with Crippen LogP contribution < -0.4 is 10.4 Å². The minimum Gasteiger partial charge on any atom is -0.550 e. The zero-order valence-electron chi connectivity index (χ0n) is 14.9. The van der Waals surface area contributed by atoms with E-state index in [2.05, 4.69) is 5.32 Å². The number of rotatable bonds is 5. The van der Waals surface area contributed by atoms with Crippen LogP contribution >= 0.6 is 22.9 Å². The number of hydrogen-bond donors (Lipinski definition) is 1. The molecule has 1 aliphatic rings. The van der Waals surface area contributed by atoms with E-state index in [9.17, 15) is 19.5 Å². The molecule has 1 aromatic heterocycles. The van der Waals surface area contributed by atoms with E-state index in [0.29, 0.717) is 22.0 Å². The number of thiophene rings is 1. The summed E-state index contributed by atoms with van der Waals surface area (Å²) in [4.78, 5) is 36.5. The summed E-state index contributed by atoms with van der Waals surface area (Å²) in [5.41, 5.74) is 1.57. The van der Waals surface area contributed by atoms with Gasteiger partial charge in [0.05, 0.1) is 13.0 Å². The van der Waals surface area contributed by atoms with Gasteiger partial charge in [-0.05, 0) is 30.5 Å². The van der Waals surface area contributed by atoms with Crippen molar-refractivity contribution >= 4 is 45.8 Å². The van der Waals surface area contributed by atoms with E-state index in [1.165, 1.54) is 18.4 Å². The quantitative estimate of drug-likeness (QED) is 0.594. The monoisotopic (exact) mass is 418 g/mol. The summed E-state index contributed by atoms with van der Waals surface area (Å²) in [6.45, 7) is 0. The molecule has 0 aliphatic heterocycles. The molecule has 0 radical (unpaired) electrons. The highest BCUT2D eigenvalue weighted by molar-refractivity contribution is 7.15. The van der Waals surface area contributed by atoms with Crippen molar-refractivity contribution < 1.29 is 24.2 Å². The van der Waals surface area contributed by atoms with Crippen LogP contribution in [0.25, 0.3) is 11.1 Å². The van der Waals surface area contributed by atoms with E-state index in [4.69, 9.17) is 16.3 Å². The molecule has 1 heterocycles. The number of hydrogen-bond acceptors (Lipinski definition) is 6. The van der Waals surface area contributed by atoms with Crippen molar-refractivity contribution in [3.8, 4) is 11.1 Å². The Morgan fingerprint density at radius 2 is 1.79 bits per heavy atom. The summed E-state index contributed by atoms with van der Waals surface area (Å²) < 4.78 is 4.88. The van der Waals surface area contributed by atoms with Gasteiger partial charge in [0, 0.05) is 27.9 Å². The molecule has 0 saturated carbocycles. The van der Waals surface area contributed by atoms with Gasteiger partial charge in [0.2, 0.25) is 5.91 Å². The molecule has 146 valence electrons. The van der Waals surface area contributed by atoms with Crippen molar-refractivity contribution in [1.29, 1.82) is 0 Å². The molecule has 0 saturated heterocycles. The van der Waals surface area contributed by atoms with Crippen molar-refractivity contribution in [1.82, 2.24) is 0 Å². The van der Waals surface area contributed by atoms with Crippen LogP contribution in [0.4, 0.5) is 5.00 Å². The Morgan fingerprint density at radius 1 is 1.14 bits per heavy atom. The van der Waals surface area contributed by atoms with Gasteiger partial charge in [-0.3, -0.25) is 4.79 Å². The second-order valence-electron chi connectivity index (χ2n) is 6.32. The molecule has 2 atom stereocenters. The van der Waals surface area contributed by atoms with E-state index in [1.54, 1.807) is 41.8 Å². The van der Waals surface area contributed by atoms with E-state index in [1.807, 2.05) is 0 Å². The normalized spacial score (nSPS) is 18.5. The number of nitrogens with one attached hydrogen (secondary N) is 1. The Kier molecular flexibility index (Phi) is 6.16. The maximum atomic E-state index is 12.7. The third-order valence-electron chi connectivity index (χ3n) is 4.64. The molecule has 1 aromatic carbocycles. The highest BCUT2D eigenvalue weighted by Gasteiger charge is 2.31. The van der Waals surface area contributed by atoms with E-state index in [-0.39, 0.29) is 12.0 Å². The smallest absolute Gasteiger partial charge is 0.341 e. The number of carbonyl (C=O) groups is 3. The van der Waals surface area contributed by atoms with Gasteiger partial charge in [-0.2, -0.15) is 0 Å². The number of anilines is 1. The third kappa shape index (κ3) is 4.10. The van der Waals surface area contributed by atoms with Crippen LogP contribution in [0.3, 0.4) is 0 Å². The standard InChI is InChI=1S/C20H18ClNO5S/c1-27-20(26)16-15(11-6-8-12(21)9-7-11)10-28-18(16)22-17(23)13-4-2-3-5-14(13)19(24)25/h2-3,6-10,13-14H,4-5H2,1H3,(H,22,23)(H,24,25)/p-1. The van der Waals surface area contributed by atoms with Gasteiger partial charge in [-0.15, -0.1) is 11.3 Å². The molecule has 28 heavy (non-hydrogen) atoms. The second-order valence-corrected chi connectivity index (χ2v) is 7.63. The Morgan fingerprint density at radius 3 is 2.39 bits per heavy atom. The maximum Gasteiger partial charge on any atom is 0.341 e. The molecular weight excluding hydrogens is 402 g/mol. The molecule has 0 fully saturated rings. The first-order valence-electron chi connectivity index (χ1n) is 8.54. The predicted molar refractivity (Wildman–Crippen MR) is 105 cm³/mol. The van der Waals surface area contributed by atoms with Gasteiger partial charge >= 0.3 is 5.97 Å².